The molecule has 0 saturated heterocycles. The van der Waals surface area contributed by atoms with Crippen LogP contribution in [0.3, 0.4) is 0 Å². The second kappa shape index (κ2) is 9.92. The van der Waals surface area contributed by atoms with Crippen LogP contribution in [-0.4, -0.2) is 33.3 Å². The molecular formula is C24H28BrN3O3. The van der Waals surface area contributed by atoms with Gasteiger partial charge in [0, 0.05) is 33.7 Å². The highest BCUT2D eigenvalue weighted by molar-refractivity contribution is 9.10. The normalized spacial score (nSPS) is 14.8. The summed E-state index contributed by atoms with van der Waals surface area (Å²) >= 11 is 3.51. The van der Waals surface area contributed by atoms with Crippen molar-refractivity contribution in [2.75, 3.05) is 6.61 Å². The van der Waals surface area contributed by atoms with Gasteiger partial charge in [0.15, 0.2) is 0 Å². The minimum Gasteiger partial charge on any atom is -0.462 e. The molecule has 0 bridgehead atoms. The zero-order valence-corrected chi connectivity index (χ0v) is 19.7. The summed E-state index contributed by atoms with van der Waals surface area (Å²) in [7, 11) is 0. The molecule has 0 unspecified atom stereocenters. The number of hydrogen-bond acceptors (Lipinski definition) is 5. The van der Waals surface area contributed by atoms with Crippen molar-refractivity contribution in [3.8, 4) is 11.1 Å². The Morgan fingerprint density at radius 3 is 2.71 bits per heavy atom. The average Bonchev–Trinajstić information content (AvgIpc) is 3.20. The van der Waals surface area contributed by atoms with E-state index in [2.05, 4.69) is 33.9 Å². The van der Waals surface area contributed by atoms with Crippen molar-refractivity contribution < 1.29 is 14.3 Å². The number of rotatable bonds is 7. The summed E-state index contributed by atoms with van der Waals surface area (Å²) in [6.07, 6.45) is 10.3. The SMILES string of the molecule is CCOC(=O)c1c(COC2CCCCC2)nn2c(CC)ccc2c1-c1cncc(Br)c1. The third-order valence-corrected chi connectivity index (χ3v) is 6.23. The van der Waals surface area contributed by atoms with Crippen molar-refractivity contribution in [3.05, 3.63) is 52.0 Å². The van der Waals surface area contributed by atoms with Gasteiger partial charge in [-0.2, -0.15) is 5.10 Å². The second-order valence-corrected chi connectivity index (χ2v) is 8.77. The van der Waals surface area contributed by atoms with Crippen molar-refractivity contribution in [2.45, 2.75) is 65.1 Å². The molecular weight excluding hydrogens is 458 g/mol. The Labute approximate surface area is 191 Å². The van der Waals surface area contributed by atoms with Gasteiger partial charge in [-0.05, 0) is 60.3 Å². The molecule has 3 aromatic rings. The van der Waals surface area contributed by atoms with Crippen LogP contribution in [0.5, 0.6) is 0 Å². The Bertz CT molecular complexity index is 1070. The number of pyridine rings is 1. The molecule has 1 aliphatic rings. The van der Waals surface area contributed by atoms with Crippen LogP contribution in [0.15, 0.2) is 35.1 Å². The number of aryl methyl sites for hydroxylation is 1. The molecule has 1 aliphatic carbocycles. The fraction of sp³-hybridized carbons (Fsp3) is 0.458. The van der Waals surface area contributed by atoms with Gasteiger partial charge in [-0.3, -0.25) is 4.98 Å². The van der Waals surface area contributed by atoms with Crippen LogP contribution >= 0.6 is 15.9 Å². The number of aromatic nitrogens is 3. The van der Waals surface area contributed by atoms with Crippen LogP contribution in [0, 0.1) is 0 Å². The molecule has 6 nitrogen and oxygen atoms in total. The number of halogens is 1. The summed E-state index contributed by atoms with van der Waals surface area (Å²) in [5, 5.41) is 4.86. The van der Waals surface area contributed by atoms with Crippen LogP contribution < -0.4 is 0 Å². The van der Waals surface area contributed by atoms with Gasteiger partial charge in [-0.25, -0.2) is 9.31 Å². The summed E-state index contributed by atoms with van der Waals surface area (Å²) in [4.78, 5) is 17.5. The van der Waals surface area contributed by atoms with E-state index in [1.807, 2.05) is 23.6 Å². The topological polar surface area (TPSA) is 65.7 Å². The zero-order chi connectivity index (χ0) is 21.8. The quantitative estimate of drug-likeness (QED) is 0.398. The zero-order valence-electron chi connectivity index (χ0n) is 18.1. The van der Waals surface area contributed by atoms with Gasteiger partial charge < -0.3 is 9.47 Å². The highest BCUT2D eigenvalue weighted by Crippen LogP contribution is 2.34. The first kappa shape index (κ1) is 22.0. The van der Waals surface area contributed by atoms with Gasteiger partial charge >= 0.3 is 5.97 Å². The Morgan fingerprint density at radius 1 is 1.19 bits per heavy atom. The molecule has 0 atom stereocenters. The molecule has 3 aromatic heterocycles. The number of carbonyl (C=O) groups excluding carboxylic acids is 1. The van der Waals surface area contributed by atoms with Gasteiger partial charge in [0.05, 0.1) is 30.4 Å². The van der Waals surface area contributed by atoms with E-state index in [0.717, 1.165) is 46.1 Å². The van der Waals surface area contributed by atoms with E-state index >= 15 is 0 Å². The van der Waals surface area contributed by atoms with Crippen LogP contribution in [0.2, 0.25) is 0 Å². The molecule has 3 heterocycles. The summed E-state index contributed by atoms with van der Waals surface area (Å²) in [5.74, 6) is -0.381. The summed E-state index contributed by atoms with van der Waals surface area (Å²) in [6.45, 7) is 4.49. The molecule has 0 radical (unpaired) electrons. The van der Waals surface area contributed by atoms with Crippen LogP contribution in [-0.2, 0) is 22.5 Å². The van der Waals surface area contributed by atoms with E-state index in [9.17, 15) is 4.79 Å². The second-order valence-electron chi connectivity index (χ2n) is 7.86. The minimum atomic E-state index is -0.381. The first-order valence-electron chi connectivity index (χ1n) is 11.1. The highest BCUT2D eigenvalue weighted by atomic mass is 79.9. The third kappa shape index (κ3) is 4.67. The lowest BCUT2D eigenvalue weighted by molar-refractivity contribution is 0.0137. The molecule has 0 N–H and O–H groups in total. The maximum atomic E-state index is 13.2. The number of fused-ring (bicyclic) bond motifs is 1. The maximum Gasteiger partial charge on any atom is 0.340 e. The molecule has 7 heteroatoms. The first-order valence-corrected chi connectivity index (χ1v) is 11.8. The number of esters is 1. The minimum absolute atomic E-state index is 0.215. The van der Waals surface area contributed by atoms with Gasteiger partial charge in [-0.1, -0.05) is 26.2 Å². The number of nitrogens with zero attached hydrogens (tertiary/aromatic N) is 3. The molecule has 0 aliphatic heterocycles. The Balaban J connectivity index is 1.89. The summed E-state index contributed by atoms with van der Waals surface area (Å²) in [6, 6.07) is 6.03. The average molecular weight is 486 g/mol. The predicted molar refractivity (Wildman–Crippen MR) is 123 cm³/mol. The van der Waals surface area contributed by atoms with E-state index in [1.165, 1.54) is 19.3 Å². The van der Waals surface area contributed by atoms with Gasteiger partial charge in [-0.15, -0.1) is 0 Å². The molecule has 0 spiro atoms. The van der Waals surface area contributed by atoms with Crippen molar-refractivity contribution in [3.63, 3.8) is 0 Å². The van der Waals surface area contributed by atoms with Gasteiger partial charge in [0.2, 0.25) is 0 Å². The smallest absolute Gasteiger partial charge is 0.340 e. The monoisotopic (exact) mass is 485 g/mol. The highest BCUT2D eigenvalue weighted by Gasteiger charge is 2.26. The maximum absolute atomic E-state index is 13.2. The van der Waals surface area contributed by atoms with E-state index in [0.29, 0.717) is 17.9 Å². The summed E-state index contributed by atoms with van der Waals surface area (Å²) < 4.78 is 14.5. The van der Waals surface area contributed by atoms with E-state index in [4.69, 9.17) is 14.6 Å². The standard InChI is InChI=1S/C24H28BrN3O3/c1-3-18-10-11-21-22(16-12-17(25)14-26-13-16)23(24(29)30-4-2)20(27-28(18)21)15-31-19-8-6-5-7-9-19/h10-14,19H,3-9,15H2,1-2H3. The molecule has 164 valence electrons. The Morgan fingerprint density at radius 2 is 2.00 bits per heavy atom. The fourth-order valence-corrected chi connectivity index (χ4v) is 4.65. The number of hydrogen-bond donors (Lipinski definition) is 0. The number of carbonyl (C=O) groups is 1. The lowest BCUT2D eigenvalue weighted by Crippen LogP contribution is -2.20. The molecule has 1 fully saturated rings. The van der Waals surface area contributed by atoms with Crippen molar-refractivity contribution in [1.29, 1.82) is 0 Å². The molecule has 1 saturated carbocycles. The van der Waals surface area contributed by atoms with Crippen LogP contribution in [0.1, 0.15) is 67.7 Å². The van der Waals surface area contributed by atoms with Crippen molar-refractivity contribution in [1.82, 2.24) is 14.6 Å². The predicted octanol–water partition coefficient (Wildman–Crippen LogP) is 5.75. The van der Waals surface area contributed by atoms with Crippen molar-refractivity contribution >= 4 is 27.4 Å². The fourth-order valence-electron chi connectivity index (χ4n) is 4.28. The van der Waals surface area contributed by atoms with Gasteiger partial charge in [0.25, 0.3) is 0 Å². The van der Waals surface area contributed by atoms with Crippen molar-refractivity contribution in [2.24, 2.45) is 0 Å². The number of ether oxygens (including phenoxy) is 2. The van der Waals surface area contributed by atoms with Gasteiger partial charge in [0.1, 0.15) is 5.69 Å². The molecule has 0 aromatic carbocycles. The largest absolute Gasteiger partial charge is 0.462 e. The first-order chi connectivity index (χ1) is 15.1. The Kier molecular flexibility index (Phi) is 7.02. The Hall–Kier alpha value is -2.25. The van der Waals surface area contributed by atoms with E-state index < -0.39 is 0 Å². The van der Waals surface area contributed by atoms with E-state index in [-0.39, 0.29) is 18.7 Å². The lowest BCUT2D eigenvalue weighted by Gasteiger charge is -2.23. The molecule has 0 amide bonds. The lowest BCUT2D eigenvalue weighted by atomic mass is 9.97. The summed E-state index contributed by atoms with van der Waals surface area (Å²) in [5.41, 5.74) is 4.63. The molecule has 4 rings (SSSR count). The molecule has 31 heavy (non-hydrogen) atoms. The van der Waals surface area contributed by atoms with E-state index in [1.54, 1.807) is 12.4 Å². The van der Waals surface area contributed by atoms with Crippen LogP contribution in [0.25, 0.3) is 16.6 Å². The third-order valence-electron chi connectivity index (χ3n) is 5.79. The van der Waals surface area contributed by atoms with Crippen LogP contribution in [0.4, 0.5) is 0 Å².